The third-order valence-corrected chi connectivity index (χ3v) is 2.65. The smallest absolute Gasteiger partial charge is 0.335 e. The zero-order valence-electron chi connectivity index (χ0n) is 11.1. The molecule has 0 fully saturated rings. The zero-order valence-corrected chi connectivity index (χ0v) is 11.1. The Labute approximate surface area is 111 Å². The van der Waals surface area contributed by atoms with Crippen LogP contribution in [0.15, 0.2) is 24.4 Å². The second-order valence-electron chi connectivity index (χ2n) is 4.63. The van der Waals surface area contributed by atoms with E-state index in [4.69, 9.17) is 5.11 Å². The quantitative estimate of drug-likeness (QED) is 0.882. The molecule has 0 atom stereocenters. The first kappa shape index (κ1) is 13.1. The van der Waals surface area contributed by atoms with Crippen LogP contribution >= 0.6 is 0 Å². The number of carbonyl (C=O) groups is 1. The molecule has 2 rings (SSSR count). The van der Waals surface area contributed by atoms with Crippen molar-refractivity contribution in [3.63, 3.8) is 0 Å². The number of anilines is 2. The molecule has 0 aromatic carbocycles. The van der Waals surface area contributed by atoms with Crippen molar-refractivity contribution in [1.82, 2.24) is 14.8 Å². The SMILES string of the molecule is CC(C)c1cc(C(=O)O)cc(Nc2ccn(C)n2)n1. The maximum atomic E-state index is 11.1. The third-order valence-electron chi connectivity index (χ3n) is 2.65. The van der Waals surface area contributed by atoms with Gasteiger partial charge >= 0.3 is 5.97 Å². The van der Waals surface area contributed by atoms with Crippen LogP contribution in [0.1, 0.15) is 35.8 Å². The molecule has 0 spiro atoms. The highest BCUT2D eigenvalue weighted by molar-refractivity contribution is 5.88. The first-order valence-corrected chi connectivity index (χ1v) is 5.97. The van der Waals surface area contributed by atoms with Crippen molar-refractivity contribution in [2.75, 3.05) is 5.32 Å². The number of aromatic nitrogens is 3. The number of aromatic carboxylic acids is 1. The molecule has 0 bridgehead atoms. The van der Waals surface area contributed by atoms with Crippen molar-refractivity contribution in [2.45, 2.75) is 19.8 Å². The average molecular weight is 260 g/mol. The molecule has 2 N–H and O–H groups in total. The summed E-state index contributed by atoms with van der Waals surface area (Å²) in [5.41, 5.74) is 0.954. The van der Waals surface area contributed by atoms with Crippen molar-refractivity contribution >= 4 is 17.6 Å². The molecule has 19 heavy (non-hydrogen) atoms. The zero-order chi connectivity index (χ0) is 14.0. The molecule has 6 nitrogen and oxygen atoms in total. The van der Waals surface area contributed by atoms with Gasteiger partial charge in [-0.15, -0.1) is 0 Å². The van der Waals surface area contributed by atoms with Gasteiger partial charge < -0.3 is 10.4 Å². The summed E-state index contributed by atoms with van der Waals surface area (Å²) < 4.78 is 1.66. The summed E-state index contributed by atoms with van der Waals surface area (Å²) in [5, 5.41) is 16.3. The standard InChI is InChI=1S/C13H16N4O2/c1-8(2)10-6-9(13(18)19)7-12(14-10)15-11-4-5-17(3)16-11/h4-8H,1-3H3,(H,18,19)(H,14,15,16). The van der Waals surface area contributed by atoms with Gasteiger partial charge in [-0.05, 0) is 18.1 Å². The maximum Gasteiger partial charge on any atom is 0.335 e. The van der Waals surface area contributed by atoms with Gasteiger partial charge in [0, 0.05) is 25.0 Å². The van der Waals surface area contributed by atoms with Crippen LogP contribution in [-0.4, -0.2) is 25.8 Å². The van der Waals surface area contributed by atoms with E-state index in [1.807, 2.05) is 20.9 Å². The Morgan fingerprint density at radius 3 is 2.63 bits per heavy atom. The molecular formula is C13H16N4O2. The fraction of sp³-hybridized carbons (Fsp3) is 0.308. The number of carboxylic acid groups (broad SMARTS) is 1. The van der Waals surface area contributed by atoms with Crippen molar-refractivity contribution in [1.29, 1.82) is 0 Å². The maximum absolute atomic E-state index is 11.1. The summed E-state index contributed by atoms with van der Waals surface area (Å²) in [6.07, 6.45) is 1.80. The van der Waals surface area contributed by atoms with Crippen LogP contribution in [0.4, 0.5) is 11.6 Å². The van der Waals surface area contributed by atoms with Gasteiger partial charge in [-0.2, -0.15) is 5.10 Å². The van der Waals surface area contributed by atoms with Crippen LogP contribution in [0.5, 0.6) is 0 Å². The van der Waals surface area contributed by atoms with Crippen molar-refractivity contribution in [2.24, 2.45) is 7.05 Å². The van der Waals surface area contributed by atoms with Gasteiger partial charge in [0.25, 0.3) is 0 Å². The lowest BCUT2D eigenvalue weighted by Crippen LogP contribution is -2.05. The average Bonchev–Trinajstić information content (AvgIpc) is 2.74. The van der Waals surface area contributed by atoms with E-state index in [2.05, 4.69) is 15.4 Å². The van der Waals surface area contributed by atoms with Crippen molar-refractivity contribution < 1.29 is 9.90 Å². The molecule has 2 heterocycles. The van der Waals surface area contributed by atoms with E-state index in [0.717, 1.165) is 5.69 Å². The minimum Gasteiger partial charge on any atom is -0.478 e. The van der Waals surface area contributed by atoms with E-state index in [9.17, 15) is 4.79 Å². The Bertz CT molecular complexity index is 604. The van der Waals surface area contributed by atoms with E-state index in [0.29, 0.717) is 11.6 Å². The van der Waals surface area contributed by atoms with E-state index in [-0.39, 0.29) is 11.5 Å². The fourth-order valence-electron chi connectivity index (χ4n) is 1.65. The highest BCUT2D eigenvalue weighted by atomic mass is 16.4. The van der Waals surface area contributed by atoms with E-state index in [1.54, 1.807) is 23.0 Å². The molecule has 0 radical (unpaired) electrons. The molecule has 2 aromatic rings. The lowest BCUT2D eigenvalue weighted by atomic mass is 10.1. The van der Waals surface area contributed by atoms with E-state index >= 15 is 0 Å². The Balaban J connectivity index is 2.36. The van der Waals surface area contributed by atoms with Gasteiger partial charge in [0.05, 0.1) is 5.56 Å². The van der Waals surface area contributed by atoms with Gasteiger partial charge in [-0.3, -0.25) is 4.68 Å². The number of pyridine rings is 1. The molecule has 0 unspecified atom stereocenters. The summed E-state index contributed by atoms with van der Waals surface area (Å²) >= 11 is 0. The Hall–Kier alpha value is -2.37. The lowest BCUT2D eigenvalue weighted by Gasteiger charge is -2.09. The molecular weight excluding hydrogens is 244 g/mol. The molecule has 0 aliphatic heterocycles. The van der Waals surface area contributed by atoms with Gasteiger partial charge in [-0.1, -0.05) is 13.8 Å². The Morgan fingerprint density at radius 2 is 2.11 bits per heavy atom. The molecule has 0 amide bonds. The largest absolute Gasteiger partial charge is 0.478 e. The van der Waals surface area contributed by atoms with Crippen LogP contribution in [0.2, 0.25) is 0 Å². The Morgan fingerprint density at radius 1 is 1.37 bits per heavy atom. The summed E-state index contributed by atoms with van der Waals surface area (Å²) in [4.78, 5) is 15.5. The minimum absolute atomic E-state index is 0.156. The molecule has 100 valence electrons. The monoisotopic (exact) mass is 260 g/mol. The molecule has 0 saturated heterocycles. The highest BCUT2D eigenvalue weighted by Gasteiger charge is 2.11. The van der Waals surface area contributed by atoms with Crippen LogP contribution in [-0.2, 0) is 7.05 Å². The number of carboxylic acids is 1. The van der Waals surface area contributed by atoms with Crippen LogP contribution in [0.3, 0.4) is 0 Å². The summed E-state index contributed by atoms with van der Waals surface area (Å²) in [6.45, 7) is 3.94. The molecule has 2 aromatic heterocycles. The highest BCUT2D eigenvalue weighted by Crippen LogP contribution is 2.20. The van der Waals surface area contributed by atoms with Gasteiger partial charge in [-0.25, -0.2) is 9.78 Å². The molecule has 0 aliphatic carbocycles. The topological polar surface area (TPSA) is 80.0 Å². The van der Waals surface area contributed by atoms with Crippen LogP contribution < -0.4 is 5.32 Å². The summed E-state index contributed by atoms with van der Waals surface area (Å²) in [5.74, 6) is 0.312. The molecule has 0 saturated carbocycles. The minimum atomic E-state index is -0.964. The van der Waals surface area contributed by atoms with Gasteiger partial charge in [0.15, 0.2) is 5.82 Å². The first-order valence-electron chi connectivity index (χ1n) is 5.97. The van der Waals surface area contributed by atoms with Gasteiger partial charge in [0.2, 0.25) is 0 Å². The normalized spacial score (nSPS) is 10.7. The summed E-state index contributed by atoms with van der Waals surface area (Å²) in [7, 11) is 1.81. The summed E-state index contributed by atoms with van der Waals surface area (Å²) in [6, 6.07) is 4.89. The van der Waals surface area contributed by atoms with Gasteiger partial charge in [0.1, 0.15) is 5.82 Å². The third kappa shape index (κ3) is 3.09. The number of rotatable bonds is 4. The fourth-order valence-corrected chi connectivity index (χ4v) is 1.65. The number of nitrogens with zero attached hydrogens (tertiary/aromatic N) is 3. The number of hydrogen-bond donors (Lipinski definition) is 2. The predicted octanol–water partition coefficient (Wildman–Crippen LogP) is 2.38. The van der Waals surface area contributed by atoms with Crippen molar-refractivity contribution in [3.8, 4) is 0 Å². The molecule has 0 aliphatic rings. The second-order valence-corrected chi connectivity index (χ2v) is 4.63. The number of aryl methyl sites for hydroxylation is 1. The van der Waals surface area contributed by atoms with Crippen LogP contribution in [0.25, 0.3) is 0 Å². The first-order chi connectivity index (χ1) is 8.95. The second kappa shape index (κ2) is 5.09. The number of hydrogen-bond acceptors (Lipinski definition) is 4. The van der Waals surface area contributed by atoms with E-state index in [1.165, 1.54) is 6.07 Å². The lowest BCUT2D eigenvalue weighted by molar-refractivity contribution is 0.0696. The number of nitrogens with one attached hydrogen (secondary N) is 1. The Kier molecular flexibility index (Phi) is 3.50. The molecule has 6 heteroatoms. The predicted molar refractivity (Wildman–Crippen MR) is 71.8 cm³/mol. The van der Waals surface area contributed by atoms with Crippen molar-refractivity contribution in [3.05, 3.63) is 35.7 Å². The van der Waals surface area contributed by atoms with Crippen LogP contribution in [0, 0.1) is 0 Å². The van der Waals surface area contributed by atoms with E-state index < -0.39 is 5.97 Å².